The second-order valence-electron chi connectivity index (χ2n) is 6.29. The number of benzene rings is 3. The third-order valence-corrected chi connectivity index (χ3v) is 4.43. The van der Waals surface area contributed by atoms with Crippen molar-refractivity contribution in [1.29, 1.82) is 0 Å². The van der Waals surface area contributed by atoms with Crippen molar-refractivity contribution in [3.05, 3.63) is 90.0 Å². The predicted octanol–water partition coefficient (Wildman–Crippen LogP) is 4.23. The Morgan fingerprint density at radius 1 is 0.759 bits per heavy atom. The van der Waals surface area contributed by atoms with Crippen LogP contribution in [0.25, 0.3) is 11.1 Å². The van der Waals surface area contributed by atoms with Crippen LogP contribution in [0.15, 0.2) is 78.9 Å². The fraction of sp³-hybridized carbons (Fsp3) is 0.0870. The first-order valence-corrected chi connectivity index (χ1v) is 9.63. The topological polar surface area (TPSA) is 70.2 Å². The molecule has 0 unspecified atom stereocenters. The summed E-state index contributed by atoms with van der Waals surface area (Å²) in [5.41, 5.74) is 3.89. The van der Waals surface area contributed by atoms with Crippen LogP contribution in [-0.2, 0) is 0 Å². The number of rotatable bonds is 5. The molecule has 0 saturated carbocycles. The van der Waals surface area contributed by atoms with E-state index in [1.165, 1.54) is 0 Å². The van der Waals surface area contributed by atoms with Gasteiger partial charge in [-0.05, 0) is 66.7 Å². The van der Waals surface area contributed by atoms with E-state index in [0.29, 0.717) is 23.4 Å². The largest absolute Gasteiger partial charge is 0.352 e. The minimum atomic E-state index is -0.291. The number of nitrogens with one attached hydrogen (secondary N) is 3. The van der Waals surface area contributed by atoms with Crippen molar-refractivity contribution in [2.45, 2.75) is 6.92 Å². The van der Waals surface area contributed by atoms with Crippen LogP contribution in [0.5, 0.6) is 0 Å². The van der Waals surface area contributed by atoms with Crippen LogP contribution in [-0.4, -0.2) is 23.5 Å². The zero-order chi connectivity index (χ0) is 20.6. The molecule has 0 fully saturated rings. The Bertz CT molecular complexity index is 1000. The number of anilines is 1. The Balaban J connectivity index is 1.58. The number of hydrogen-bond acceptors (Lipinski definition) is 3. The summed E-state index contributed by atoms with van der Waals surface area (Å²) >= 11 is 5.22. The van der Waals surface area contributed by atoms with Gasteiger partial charge in [0.1, 0.15) is 0 Å². The normalized spacial score (nSPS) is 10.1. The van der Waals surface area contributed by atoms with Gasteiger partial charge in [0.25, 0.3) is 11.8 Å². The number of thiocarbonyl (C=S) groups is 1. The fourth-order valence-electron chi connectivity index (χ4n) is 2.75. The second-order valence-corrected chi connectivity index (χ2v) is 6.70. The first kappa shape index (κ1) is 20.2. The Kier molecular flexibility index (Phi) is 6.71. The molecule has 3 N–H and O–H groups in total. The maximum atomic E-state index is 12.4. The van der Waals surface area contributed by atoms with Crippen LogP contribution < -0.4 is 16.0 Å². The summed E-state index contributed by atoms with van der Waals surface area (Å²) in [5.74, 6) is -0.421. The fourth-order valence-corrected chi connectivity index (χ4v) is 2.96. The molecule has 3 aromatic carbocycles. The lowest BCUT2D eigenvalue weighted by atomic mass is 10.0. The Morgan fingerprint density at radius 2 is 1.31 bits per heavy atom. The van der Waals surface area contributed by atoms with Gasteiger partial charge in [-0.3, -0.25) is 14.9 Å². The zero-order valence-corrected chi connectivity index (χ0v) is 16.8. The van der Waals surface area contributed by atoms with Gasteiger partial charge in [-0.1, -0.05) is 42.5 Å². The molecule has 0 heterocycles. The highest BCUT2D eigenvalue weighted by Gasteiger charge is 2.09. The molecule has 0 bridgehead atoms. The zero-order valence-electron chi connectivity index (χ0n) is 15.9. The van der Waals surface area contributed by atoms with Crippen molar-refractivity contribution in [3.8, 4) is 11.1 Å². The van der Waals surface area contributed by atoms with Gasteiger partial charge in [0.05, 0.1) is 0 Å². The number of hydrogen-bond donors (Lipinski definition) is 3. The molecule has 3 aromatic rings. The van der Waals surface area contributed by atoms with Crippen LogP contribution in [0.2, 0.25) is 0 Å². The number of carbonyl (C=O) groups excluding carboxylic acids is 2. The summed E-state index contributed by atoms with van der Waals surface area (Å²) in [4.78, 5) is 24.2. The van der Waals surface area contributed by atoms with Crippen molar-refractivity contribution >= 4 is 34.8 Å². The van der Waals surface area contributed by atoms with Crippen molar-refractivity contribution in [3.63, 3.8) is 0 Å². The quantitative estimate of drug-likeness (QED) is 0.558. The molecule has 0 aliphatic carbocycles. The standard InChI is InChI=1S/C23H21N3O2S/c1-2-24-21(27)18-12-14-20(15-13-18)25-23(29)26-22(28)19-10-8-17(9-11-19)16-6-4-3-5-7-16/h3-15H,2H2,1H3,(H,24,27)(H2,25,26,28,29). The maximum Gasteiger partial charge on any atom is 0.257 e. The SMILES string of the molecule is CCNC(=O)c1ccc(NC(=S)NC(=O)c2ccc(-c3ccccc3)cc2)cc1. The molecular weight excluding hydrogens is 382 g/mol. The summed E-state index contributed by atoms with van der Waals surface area (Å²) in [7, 11) is 0. The molecule has 0 spiro atoms. The van der Waals surface area contributed by atoms with Gasteiger partial charge in [0.2, 0.25) is 0 Å². The smallest absolute Gasteiger partial charge is 0.257 e. The summed E-state index contributed by atoms with van der Waals surface area (Å²) in [6, 6.07) is 24.1. The van der Waals surface area contributed by atoms with E-state index in [2.05, 4.69) is 16.0 Å². The molecule has 2 amide bonds. The summed E-state index contributed by atoms with van der Waals surface area (Å²) in [6.45, 7) is 2.44. The molecule has 0 aliphatic rings. The van der Waals surface area contributed by atoms with Gasteiger partial charge in [-0.15, -0.1) is 0 Å². The molecule has 0 aliphatic heterocycles. The Hall–Kier alpha value is -3.51. The first-order chi connectivity index (χ1) is 14.1. The lowest BCUT2D eigenvalue weighted by Crippen LogP contribution is -2.34. The van der Waals surface area contributed by atoms with Crippen molar-refractivity contribution in [2.24, 2.45) is 0 Å². The first-order valence-electron chi connectivity index (χ1n) is 9.23. The molecule has 0 aromatic heterocycles. The third-order valence-electron chi connectivity index (χ3n) is 4.22. The molecule has 5 nitrogen and oxygen atoms in total. The molecule has 6 heteroatoms. The molecule has 0 saturated heterocycles. The minimum absolute atomic E-state index is 0.131. The molecule has 29 heavy (non-hydrogen) atoms. The highest BCUT2D eigenvalue weighted by Crippen LogP contribution is 2.19. The van der Waals surface area contributed by atoms with E-state index in [4.69, 9.17) is 12.2 Å². The molecule has 146 valence electrons. The van der Waals surface area contributed by atoms with Crippen LogP contribution in [0.1, 0.15) is 27.6 Å². The summed E-state index contributed by atoms with van der Waals surface area (Å²) in [5, 5.41) is 8.54. The summed E-state index contributed by atoms with van der Waals surface area (Å²) < 4.78 is 0. The maximum absolute atomic E-state index is 12.4. The third kappa shape index (κ3) is 5.49. The Labute approximate surface area is 175 Å². The highest BCUT2D eigenvalue weighted by molar-refractivity contribution is 7.80. The van der Waals surface area contributed by atoms with Gasteiger partial charge in [-0.2, -0.15) is 0 Å². The molecule has 0 radical (unpaired) electrons. The molecule has 0 atom stereocenters. The van der Waals surface area contributed by atoms with Crippen molar-refractivity contribution in [1.82, 2.24) is 10.6 Å². The van der Waals surface area contributed by atoms with E-state index in [1.807, 2.05) is 49.4 Å². The van der Waals surface area contributed by atoms with E-state index in [1.54, 1.807) is 36.4 Å². The van der Waals surface area contributed by atoms with Gasteiger partial charge < -0.3 is 10.6 Å². The van der Waals surface area contributed by atoms with E-state index < -0.39 is 0 Å². The summed E-state index contributed by atoms with van der Waals surface area (Å²) in [6.07, 6.45) is 0. The number of carbonyl (C=O) groups is 2. The second kappa shape index (κ2) is 9.61. The highest BCUT2D eigenvalue weighted by atomic mass is 32.1. The Morgan fingerprint density at radius 3 is 1.93 bits per heavy atom. The number of amides is 2. The minimum Gasteiger partial charge on any atom is -0.352 e. The monoisotopic (exact) mass is 403 g/mol. The van der Waals surface area contributed by atoms with E-state index in [9.17, 15) is 9.59 Å². The van der Waals surface area contributed by atoms with Gasteiger partial charge >= 0.3 is 0 Å². The predicted molar refractivity (Wildman–Crippen MR) is 120 cm³/mol. The van der Waals surface area contributed by atoms with E-state index in [0.717, 1.165) is 11.1 Å². The average molecular weight is 404 g/mol. The van der Waals surface area contributed by atoms with Gasteiger partial charge in [0, 0.05) is 23.4 Å². The van der Waals surface area contributed by atoms with Gasteiger partial charge in [0.15, 0.2) is 5.11 Å². The molecule has 3 rings (SSSR count). The van der Waals surface area contributed by atoms with Crippen LogP contribution in [0.4, 0.5) is 5.69 Å². The average Bonchev–Trinajstić information content (AvgIpc) is 2.75. The van der Waals surface area contributed by atoms with Crippen molar-refractivity contribution < 1.29 is 9.59 Å². The molecular formula is C23H21N3O2S. The lowest BCUT2D eigenvalue weighted by Gasteiger charge is -2.10. The van der Waals surface area contributed by atoms with E-state index >= 15 is 0 Å². The van der Waals surface area contributed by atoms with Crippen LogP contribution in [0.3, 0.4) is 0 Å². The van der Waals surface area contributed by atoms with Crippen LogP contribution >= 0.6 is 12.2 Å². The van der Waals surface area contributed by atoms with Crippen LogP contribution in [0, 0.1) is 0 Å². The van der Waals surface area contributed by atoms with Gasteiger partial charge in [-0.25, -0.2) is 0 Å². The van der Waals surface area contributed by atoms with Crippen molar-refractivity contribution in [2.75, 3.05) is 11.9 Å². The lowest BCUT2D eigenvalue weighted by molar-refractivity contribution is 0.0953. The van der Waals surface area contributed by atoms with E-state index in [-0.39, 0.29) is 16.9 Å².